The maximum Gasteiger partial charge on any atom is 0.252 e. The van der Waals surface area contributed by atoms with Crippen molar-refractivity contribution in [2.24, 2.45) is 0 Å². The lowest BCUT2D eigenvalue weighted by molar-refractivity contribution is 0.0953. The van der Waals surface area contributed by atoms with E-state index in [1.165, 1.54) is 0 Å². The van der Waals surface area contributed by atoms with Crippen LogP contribution in [0.2, 0.25) is 0 Å². The summed E-state index contributed by atoms with van der Waals surface area (Å²) in [6, 6.07) is 13.6. The minimum atomic E-state index is -0.135. The SMILES string of the molecule is CCn1ncc2c(C(=O)NCCn3ccc(C)n3)cc(-c3ccccc3)nc21. The van der Waals surface area contributed by atoms with Crippen LogP contribution in [-0.4, -0.2) is 37.0 Å². The van der Waals surface area contributed by atoms with Crippen molar-refractivity contribution in [3.8, 4) is 11.3 Å². The highest BCUT2D eigenvalue weighted by atomic mass is 16.1. The van der Waals surface area contributed by atoms with E-state index in [4.69, 9.17) is 4.98 Å². The van der Waals surface area contributed by atoms with Crippen molar-refractivity contribution in [2.45, 2.75) is 26.9 Å². The molecule has 0 bridgehead atoms. The Labute approximate surface area is 163 Å². The van der Waals surface area contributed by atoms with E-state index in [2.05, 4.69) is 15.5 Å². The molecule has 0 aliphatic carbocycles. The monoisotopic (exact) mass is 374 g/mol. The Kier molecular flexibility index (Phi) is 4.89. The molecule has 142 valence electrons. The zero-order valence-corrected chi connectivity index (χ0v) is 16.0. The largest absolute Gasteiger partial charge is 0.350 e. The molecule has 1 amide bonds. The second-order valence-electron chi connectivity index (χ2n) is 6.59. The smallest absolute Gasteiger partial charge is 0.252 e. The molecule has 0 saturated carbocycles. The van der Waals surface area contributed by atoms with Crippen molar-refractivity contribution in [1.29, 1.82) is 0 Å². The molecule has 0 fully saturated rings. The molecule has 0 atom stereocenters. The molecule has 0 radical (unpaired) electrons. The minimum absolute atomic E-state index is 0.135. The highest BCUT2D eigenvalue weighted by Gasteiger charge is 2.17. The molecule has 0 spiro atoms. The van der Waals surface area contributed by atoms with Gasteiger partial charge in [0, 0.05) is 24.8 Å². The van der Waals surface area contributed by atoms with Crippen LogP contribution in [0.3, 0.4) is 0 Å². The van der Waals surface area contributed by atoms with Crippen molar-refractivity contribution in [1.82, 2.24) is 29.9 Å². The number of nitrogens with one attached hydrogen (secondary N) is 1. The van der Waals surface area contributed by atoms with Gasteiger partial charge in [-0.1, -0.05) is 30.3 Å². The molecule has 1 N–H and O–H groups in total. The van der Waals surface area contributed by atoms with Crippen molar-refractivity contribution < 1.29 is 4.79 Å². The van der Waals surface area contributed by atoms with Gasteiger partial charge in [-0.05, 0) is 26.0 Å². The Morgan fingerprint density at radius 3 is 2.71 bits per heavy atom. The average Bonchev–Trinajstić information content (AvgIpc) is 3.33. The van der Waals surface area contributed by atoms with Crippen LogP contribution in [0.1, 0.15) is 23.0 Å². The molecule has 7 nitrogen and oxygen atoms in total. The van der Waals surface area contributed by atoms with E-state index in [-0.39, 0.29) is 5.91 Å². The van der Waals surface area contributed by atoms with E-state index in [9.17, 15) is 4.79 Å². The summed E-state index contributed by atoms with van der Waals surface area (Å²) in [6.45, 7) is 5.75. The van der Waals surface area contributed by atoms with Gasteiger partial charge >= 0.3 is 0 Å². The van der Waals surface area contributed by atoms with Crippen LogP contribution in [0, 0.1) is 6.92 Å². The van der Waals surface area contributed by atoms with Crippen LogP contribution >= 0.6 is 0 Å². The van der Waals surface area contributed by atoms with Crippen LogP contribution in [0.4, 0.5) is 0 Å². The van der Waals surface area contributed by atoms with E-state index < -0.39 is 0 Å². The summed E-state index contributed by atoms with van der Waals surface area (Å²) in [5.74, 6) is -0.135. The van der Waals surface area contributed by atoms with Gasteiger partial charge in [0.1, 0.15) is 0 Å². The van der Waals surface area contributed by atoms with Crippen LogP contribution < -0.4 is 5.32 Å². The second kappa shape index (κ2) is 7.64. The van der Waals surface area contributed by atoms with E-state index >= 15 is 0 Å². The summed E-state index contributed by atoms with van der Waals surface area (Å²) in [6.07, 6.45) is 3.62. The molecule has 3 heterocycles. The fourth-order valence-corrected chi connectivity index (χ4v) is 3.19. The first kappa shape index (κ1) is 17.9. The molecular weight excluding hydrogens is 352 g/mol. The third-order valence-electron chi connectivity index (χ3n) is 4.62. The van der Waals surface area contributed by atoms with Crippen LogP contribution in [-0.2, 0) is 13.1 Å². The van der Waals surface area contributed by atoms with Gasteiger partial charge in [-0.2, -0.15) is 10.2 Å². The first-order valence-electron chi connectivity index (χ1n) is 9.36. The van der Waals surface area contributed by atoms with Gasteiger partial charge in [-0.15, -0.1) is 0 Å². The van der Waals surface area contributed by atoms with E-state index in [0.717, 1.165) is 28.0 Å². The number of carbonyl (C=O) groups is 1. The summed E-state index contributed by atoms with van der Waals surface area (Å²) < 4.78 is 3.63. The number of benzene rings is 1. The topological polar surface area (TPSA) is 77.6 Å². The molecule has 4 rings (SSSR count). The summed E-state index contributed by atoms with van der Waals surface area (Å²) in [7, 11) is 0. The number of carbonyl (C=O) groups excluding carboxylic acids is 1. The molecular formula is C21H22N6O. The van der Waals surface area contributed by atoms with Crippen molar-refractivity contribution in [3.05, 3.63) is 66.1 Å². The lowest BCUT2D eigenvalue weighted by Gasteiger charge is -2.09. The Morgan fingerprint density at radius 2 is 2.00 bits per heavy atom. The van der Waals surface area contributed by atoms with Gasteiger partial charge in [0.2, 0.25) is 0 Å². The second-order valence-corrected chi connectivity index (χ2v) is 6.59. The summed E-state index contributed by atoms with van der Waals surface area (Å²) in [5, 5.41) is 12.5. The van der Waals surface area contributed by atoms with Gasteiger partial charge in [0.25, 0.3) is 5.91 Å². The van der Waals surface area contributed by atoms with Gasteiger partial charge in [-0.25, -0.2) is 9.67 Å². The third-order valence-corrected chi connectivity index (χ3v) is 4.62. The lowest BCUT2D eigenvalue weighted by Crippen LogP contribution is -2.27. The molecule has 28 heavy (non-hydrogen) atoms. The summed E-state index contributed by atoms with van der Waals surface area (Å²) >= 11 is 0. The predicted octanol–water partition coefficient (Wildman–Crippen LogP) is 3.05. The normalized spacial score (nSPS) is 11.1. The molecule has 0 aliphatic rings. The molecule has 0 aliphatic heterocycles. The number of fused-ring (bicyclic) bond motifs is 1. The third kappa shape index (κ3) is 3.51. The first-order chi connectivity index (χ1) is 13.7. The number of pyridine rings is 1. The molecule has 7 heteroatoms. The highest BCUT2D eigenvalue weighted by molar-refractivity contribution is 6.06. The van der Waals surface area contributed by atoms with Crippen LogP contribution in [0.5, 0.6) is 0 Å². The summed E-state index contributed by atoms with van der Waals surface area (Å²) in [4.78, 5) is 17.7. The zero-order valence-electron chi connectivity index (χ0n) is 16.0. The fourth-order valence-electron chi connectivity index (χ4n) is 3.19. The maximum atomic E-state index is 12.9. The summed E-state index contributed by atoms with van der Waals surface area (Å²) in [5.41, 5.74) is 3.99. The Morgan fingerprint density at radius 1 is 1.18 bits per heavy atom. The Bertz CT molecular complexity index is 1110. The van der Waals surface area contributed by atoms with Gasteiger partial charge in [0.15, 0.2) is 5.65 Å². The Hall–Kier alpha value is -3.48. The molecule has 1 aromatic carbocycles. The number of hydrogen-bond donors (Lipinski definition) is 1. The quantitative estimate of drug-likeness (QED) is 0.563. The molecule has 0 unspecified atom stereocenters. The Balaban J connectivity index is 1.64. The lowest BCUT2D eigenvalue weighted by atomic mass is 10.1. The number of rotatable bonds is 6. The standard InChI is InChI=1S/C21H22N6O/c1-3-27-20-18(14-23-27)17(13-19(24-20)16-7-5-4-6-8-16)21(28)22-10-12-26-11-9-15(2)25-26/h4-9,11,13-14H,3,10,12H2,1-2H3,(H,22,28). The fraction of sp³-hybridized carbons (Fsp3) is 0.238. The van der Waals surface area contributed by atoms with Gasteiger partial charge < -0.3 is 5.32 Å². The molecule has 4 aromatic rings. The number of aryl methyl sites for hydroxylation is 2. The zero-order chi connectivity index (χ0) is 19.5. The van der Waals surface area contributed by atoms with Gasteiger partial charge in [0.05, 0.1) is 35.1 Å². The number of nitrogens with zero attached hydrogens (tertiary/aromatic N) is 5. The maximum absolute atomic E-state index is 12.9. The van der Waals surface area contributed by atoms with Crippen molar-refractivity contribution in [3.63, 3.8) is 0 Å². The van der Waals surface area contributed by atoms with Crippen molar-refractivity contribution >= 4 is 16.9 Å². The van der Waals surface area contributed by atoms with E-state index in [1.54, 1.807) is 6.20 Å². The van der Waals surface area contributed by atoms with Crippen LogP contribution in [0.25, 0.3) is 22.3 Å². The minimum Gasteiger partial charge on any atom is -0.350 e. The number of amides is 1. The number of hydrogen-bond acceptors (Lipinski definition) is 4. The first-order valence-corrected chi connectivity index (χ1v) is 9.36. The van der Waals surface area contributed by atoms with Gasteiger partial charge in [-0.3, -0.25) is 9.48 Å². The van der Waals surface area contributed by atoms with Crippen molar-refractivity contribution in [2.75, 3.05) is 6.54 Å². The molecule has 0 saturated heterocycles. The highest BCUT2D eigenvalue weighted by Crippen LogP contribution is 2.24. The number of aromatic nitrogens is 5. The predicted molar refractivity (Wildman–Crippen MR) is 108 cm³/mol. The van der Waals surface area contributed by atoms with E-state index in [0.29, 0.717) is 25.2 Å². The van der Waals surface area contributed by atoms with E-state index in [1.807, 2.05) is 71.9 Å². The van der Waals surface area contributed by atoms with Crippen LogP contribution in [0.15, 0.2) is 54.9 Å². The average molecular weight is 374 g/mol. The molecule has 3 aromatic heterocycles.